The molecule has 17 nitrogen and oxygen atoms in total. The Bertz CT molecular complexity index is 1900. The fourth-order valence-corrected chi connectivity index (χ4v) is 5.97. The lowest BCUT2D eigenvalue weighted by atomic mass is 10.1. The fraction of sp³-hybridized carbons (Fsp3) is 0.412. The molecule has 0 aromatic carbocycles. The standard InChI is InChI=1S/C34H42N7O10P/c42-23-25(24-50-52(46,47)48)51-33(41-14-11-31(43)38-34(41)45)22-39-15-17-40(18-16-39)32(44)10-2-1-7-19-49-30-20-29(28-9-4-6-13-36-28)37-21-26(30)27-8-3-5-12-35-27/h3-6,8-9,11-14,20-21,25,33,42H,1-2,7,10,15-19,22-24H2,(H,38,43,45)(H2,46,47,48)/t25-,33-/m1/s1. The number of pyridine rings is 3. The van der Waals surface area contributed by atoms with Gasteiger partial charge in [0, 0.05) is 76.1 Å². The van der Waals surface area contributed by atoms with Crippen LogP contribution in [0.4, 0.5) is 0 Å². The summed E-state index contributed by atoms with van der Waals surface area (Å²) in [5.41, 5.74) is 1.59. The first-order valence-electron chi connectivity index (χ1n) is 16.8. The quantitative estimate of drug-likeness (QED) is 0.0845. The number of aliphatic hydroxyl groups excluding tert-OH is 1. The van der Waals surface area contributed by atoms with Crippen molar-refractivity contribution in [3.63, 3.8) is 0 Å². The third-order valence-corrected chi connectivity index (χ3v) is 8.79. The highest BCUT2D eigenvalue weighted by atomic mass is 31.2. The highest BCUT2D eigenvalue weighted by Crippen LogP contribution is 2.36. The molecule has 1 saturated heterocycles. The number of ether oxygens (including phenoxy) is 2. The van der Waals surface area contributed by atoms with Crippen molar-refractivity contribution in [1.29, 1.82) is 0 Å². The van der Waals surface area contributed by atoms with E-state index in [0.29, 0.717) is 57.1 Å². The fourth-order valence-electron chi connectivity index (χ4n) is 5.61. The van der Waals surface area contributed by atoms with Gasteiger partial charge >= 0.3 is 13.5 Å². The third-order valence-electron chi connectivity index (χ3n) is 8.31. The Hall–Kier alpha value is -4.61. The van der Waals surface area contributed by atoms with Crippen LogP contribution in [0.25, 0.3) is 22.6 Å². The average molecular weight is 740 g/mol. The summed E-state index contributed by atoms with van der Waals surface area (Å²) >= 11 is 0. The molecule has 0 spiro atoms. The lowest BCUT2D eigenvalue weighted by Crippen LogP contribution is -2.51. The van der Waals surface area contributed by atoms with E-state index in [-0.39, 0.29) is 12.5 Å². The van der Waals surface area contributed by atoms with E-state index in [0.717, 1.165) is 40.4 Å². The molecular formula is C34H42N7O10P. The van der Waals surface area contributed by atoms with Crippen molar-refractivity contribution in [2.75, 3.05) is 52.5 Å². The molecular weight excluding hydrogens is 697 g/mol. The van der Waals surface area contributed by atoms with Gasteiger partial charge in [0.05, 0.1) is 42.5 Å². The van der Waals surface area contributed by atoms with Crippen molar-refractivity contribution >= 4 is 13.7 Å². The summed E-state index contributed by atoms with van der Waals surface area (Å²) in [6, 6.07) is 14.3. The first-order chi connectivity index (χ1) is 25.1. The number of carbonyl (C=O) groups excluding carboxylic acids is 1. The molecule has 1 aliphatic rings. The number of phosphoric acid groups is 1. The minimum Gasteiger partial charge on any atom is -0.493 e. The second kappa shape index (κ2) is 18.8. The van der Waals surface area contributed by atoms with Crippen molar-refractivity contribution in [2.45, 2.75) is 38.0 Å². The van der Waals surface area contributed by atoms with Gasteiger partial charge < -0.3 is 29.3 Å². The zero-order chi connectivity index (χ0) is 36.9. The number of H-pyrrole nitrogens is 1. The molecule has 18 heteroatoms. The number of aromatic nitrogens is 5. The first-order valence-corrected chi connectivity index (χ1v) is 18.4. The van der Waals surface area contributed by atoms with Gasteiger partial charge in [0.2, 0.25) is 5.91 Å². The summed E-state index contributed by atoms with van der Waals surface area (Å²) in [4.78, 5) is 74.6. The lowest BCUT2D eigenvalue weighted by Gasteiger charge is -2.37. The van der Waals surface area contributed by atoms with Crippen LogP contribution in [0.3, 0.4) is 0 Å². The number of rotatable bonds is 18. The maximum atomic E-state index is 13.0. The molecule has 0 bridgehead atoms. The predicted octanol–water partition coefficient (Wildman–Crippen LogP) is 1.82. The van der Waals surface area contributed by atoms with Crippen LogP contribution in [0.15, 0.2) is 82.9 Å². The smallest absolute Gasteiger partial charge is 0.469 e. The van der Waals surface area contributed by atoms with Crippen LogP contribution in [0.1, 0.15) is 31.9 Å². The maximum Gasteiger partial charge on any atom is 0.469 e. The van der Waals surface area contributed by atoms with Crippen LogP contribution in [0.2, 0.25) is 0 Å². The highest BCUT2D eigenvalue weighted by Gasteiger charge is 2.27. The van der Waals surface area contributed by atoms with E-state index in [4.69, 9.17) is 19.3 Å². The van der Waals surface area contributed by atoms with Crippen molar-refractivity contribution < 1.29 is 38.3 Å². The molecule has 5 heterocycles. The molecule has 0 unspecified atom stereocenters. The Balaban J connectivity index is 1.09. The van der Waals surface area contributed by atoms with Crippen LogP contribution in [-0.2, 0) is 18.6 Å². The van der Waals surface area contributed by atoms with Crippen molar-refractivity contribution in [3.05, 3.63) is 94.2 Å². The van der Waals surface area contributed by atoms with Gasteiger partial charge in [-0.15, -0.1) is 0 Å². The number of phosphoric ester groups is 1. The molecule has 4 aromatic rings. The van der Waals surface area contributed by atoms with Gasteiger partial charge in [0.15, 0.2) is 6.23 Å². The Labute approximate surface area is 299 Å². The number of hydrogen-bond acceptors (Lipinski definition) is 12. The predicted molar refractivity (Wildman–Crippen MR) is 188 cm³/mol. The molecule has 0 aliphatic carbocycles. The normalized spacial score (nSPS) is 14.9. The topological polar surface area (TPSA) is 223 Å². The zero-order valence-corrected chi connectivity index (χ0v) is 29.3. The van der Waals surface area contributed by atoms with E-state index in [1.807, 2.05) is 47.4 Å². The van der Waals surface area contributed by atoms with Gasteiger partial charge in [-0.25, -0.2) is 9.36 Å². The van der Waals surface area contributed by atoms with Crippen LogP contribution >= 0.6 is 7.82 Å². The molecule has 5 rings (SSSR count). The average Bonchev–Trinajstić information content (AvgIpc) is 3.15. The number of nitrogens with one attached hydrogen (secondary N) is 1. The van der Waals surface area contributed by atoms with E-state index in [1.54, 1.807) is 23.5 Å². The summed E-state index contributed by atoms with van der Waals surface area (Å²) in [6.07, 6.45) is 6.79. The van der Waals surface area contributed by atoms with Gasteiger partial charge in [-0.05, 0) is 43.5 Å². The minimum atomic E-state index is -4.83. The van der Waals surface area contributed by atoms with E-state index in [9.17, 15) is 24.1 Å². The number of carbonyl (C=O) groups is 1. The number of nitrogens with zero attached hydrogens (tertiary/aromatic N) is 6. The summed E-state index contributed by atoms with van der Waals surface area (Å²) in [6.45, 7) is 1.11. The van der Waals surface area contributed by atoms with Crippen molar-refractivity contribution in [1.82, 2.24) is 34.3 Å². The molecule has 278 valence electrons. The molecule has 52 heavy (non-hydrogen) atoms. The lowest BCUT2D eigenvalue weighted by molar-refractivity contribution is -0.134. The number of aromatic amines is 1. The van der Waals surface area contributed by atoms with E-state index >= 15 is 0 Å². The van der Waals surface area contributed by atoms with Crippen LogP contribution in [0, 0.1) is 0 Å². The molecule has 0 saturated carbocycles. The molecule has 1 amide bonds. The molecule has 1 aliphatic heterocycles. The highest BCUT2D eigenvalue weighted by molar-refractivity contribution is 7.46. The van der Waals surface area contributed by atoms with E-state index in [2.05, 4.69) is 24.5 Å². The summed E-state index contributed by atoms with van der Waals surface area (Å²) in [5, 5.41) is 9.73. The van der Waals surface area contributed by atoms with Crippen LogP contribution in [-0.4, -0.2) is 114 Å². The Kier molecular flexibility index (Phi) is 13.9. The monoisotopic (exact) mass is 739 g/mol. The van der Waals surface area contributed by atoms with Gasteiger partial charge in [-0.2, -0.15) is 0 Å². The molecule has 4 aromatic heterocycles. The van der Waals surface area contributed by atoms with E-state index < -0.39 is 44.6 Å². The molecule has 4 N–H and O–H groups in total. The number of hydrogen-bond donors (Lipinski definition) is 4. The summed E-state index contributed by atoms with van der Waals surface area (Å²) in [7, 11) is -4.83. The molecule has 1 fully saturated rings. The van der Waals surface area contributed by atoms with Gasteiger partial charge in [-0.3, -0.25) is 43.5 Å². The van der Waals surface area contributed by atoms with Gasteiger partial charge in [0.1, 0.15) is 11.9 Å². The third kappa shape index (κ3) is 11.4. The van der Waals surface area contributed by atoms with Crippen LogP contribution < -0.4 is 16.0 Å². The first kappa shape index (κ1) is 38.6. The Morgan fingerprint density at radius 3 is 2.31 bits per heavy atom. The number of amides is 1. The van der Waals surface area contributed by atoms with Crippen LogP contribution in [0.5, 0.6) is 5.75 Å². The minimum absolute atomic E-state index is 0.0340. The molecule has 0 radical (unpaired) electrons. The number of piperazine rings is 1. The second-order valence-electron chi connectivity index (χ2n) is 12.0. The summed E-state index contributed by atoms with van der Waals surface area (Å²) in [5.74, 6) is 0.689. The SMILES string of the molecule is O=C(CCCCCOc1cc(-c2ccccn2)ncc1-c1ccccn1)N1CCN(C[C@@H](O[C@H](CO)COP(=O)(O)O)n2ccc(=O)[nH]c2=O)CC1. The Morgan fingerprint density at radius 1 is 0.923 bits per heavy atom. The summed E-state index contributed by atoms with van der Waals surface area (Å²) < 4.78 is 28.8. The number of aliphatic hydroxyl groups is 1. The van der Waals surface area contributed by atoms with Crippen molar-refractivity contribution in [2.24, 2.45) is 0 Å². The van der Waals surface area contributed by atoms with E-state index in [1.165, 1.54) is 6.20 Å². The number of unbranched alkanes of at least 4 members (excludes halogenated alkanes) is 2. The maximum absolute atomic E-state index is 13.0. The zero-order valence-electron chi connectivity index (χ0n) is 28.4. The largest absolute Gasteiger partial charge is 0.493 e. The van der Waals surface area contributed by atoms with Crippen molar-refractivity contribution in [3.8, 4) is 28.4 Å². The second-order valence-corrected chi connectivity index (χ2v) is 13.3. The van der Waals surface area contributed by atoms with Gasteiger partial charge in [-0.1, -0.05) is 12.1 Å². The van der Waals surface area contributed by atoms with Gasteiger partial charge in [0.25, 0.3) is 5.56 Å². The Morgan fingerprint density at radius 2 is 1.65 bits per heavy atom. The molecule has 2 atom stereocenters.